The van der Waals surface area contributed by atoms with Gasteiger partial charge in [0.2, 0.25) is 0 Å². The van der Waals surface area contributed by atoms with E-state index in [2.05, 4.69) is 28.4 Å². The smallest absolute Gasteiger partial charge is 0.255 e. The number of hydrogen-bond donors (Lipinski definition) is 0. The maximum absolute atomic E-state index is 13.7. The van der Waals surface area contributed by atoms with Crippen LogP contribution in [0.2, 0.25) is 0 Å². The molecule has 2 aromatic carbocycles. The highest BCUT2D eigenvalue weighted by Crippen LogP contribution is 2.38. The van der Waals surface area contributed by atoms with Crippen molar-refractivity contribution in [2.75, 3.05) is 7.05 Å². The molecule has 0 saturated carbocycles. The summed E-state index contributed by atoms with van der Waals surface area (Å²) in [5.74, 6) is 1.58. The van der Waals surface area contributed by atoms with Gasteiger partial charge in [-0.05, 0) is 48.6 Å². The van der Waals surface area contributed by atoms with Crippen molar-refractivity contribution < 1.29 is 4.79 Å². The monoisotopic (exact) mass is 423 g/mol. The Hall–Kier alpha value is -3.80. The second-order valence-corrected chi connectivity index (χ2v) is 8.30. The minimum absolute atomic E-state index is 0.0125. The highest BCUT2D eigenvalue weighted by Gasteiger charge is 2.28. The van der Waals surface area contributed by atoms with Crippen LogP contribution in [0.25, 0.3) is 22.6 Å². The van der Waals surface area contributed by atoms with E-state index < -0.39 is 0 Å². The highest BCUT2D eigenvalue weighted by atomic mass is 16.2. The lowest BCUT2D eigenvalue weighted by Crippen LogP contribution is -2.29. The third-order valence-electron chi connectivity index (χ3n) is 6.20. The van der Waals surface area contributed by atoms with E-state index in [0.717, 1.165) is 57.8 Å². The van der Waals surface area contributed by atoms with Crippen molar-refractivity contribution in [2.24, 2.45) is 7.05 Å². The number of carbonyl (C=O) groups excluding carboxylic acids is 1. The quantitative estimate of drug-likeness (QED) is 0.487. The molecule has 0 N–H and O–H groups in total. The SMILES string of the molecule is Cc1nnc(CN(C)C(=O)c2c3c(nc4ccccc24)/C(=C\c2ccccc2)CC3)n1C. The van der Waals surface area contributed by atoms with Gasteiger partial charge in [-0.2, -0.15) is 0 Å². The van der Waals surface area contributed by atoms with Crippen molar-refractivity contribution in [2.45, 2.75) is 26.3 Å². The van der Waals surface area contributed by atoms with E-state index in [1.165, 1.54) is 5.57 Å². The van der Waals surface area contributed by atoms with Gasteiger partial charge in [0.25, 0.3) is 5.91 Å². The number of aryl methyl sites for hydroxylation is 1. The molecule has 6 nitrogen and oxygen atoms in total. The van der Waals surface area contributed by atoms with E-state index >= 15 is 0 Å². The number of allylic oxidation sites excluding steroid dienone is 1. The van der Waals surface area contributed by atoms with Crippen LogP contribution in [0.15, 0.2) is 54.6 Å². The number of benzene rings is 2. The van der Waals surface area contributed by atoms with Gasteiger partial charge < -0.3 is 9.47 Å². The van der Waals surface area contributed by atoms with Crippen LogP contribution < -0.4 is 0 Å². The van der Waals surface area contributed by atoms with Gasteiger partial charge in [0.15, 0.2) is 5.82 Å². The maximum Gasteiger partial charge on any atom is 0.255 e. The van der Waals surface area contributed by atoms with Gasteiger partial charge >= 0.3 is 0 Å². The lowest BCUT2D eigenvalue weighted by Gasteiger charge is -2.20. The minimum Gasteiger partial charge on any atom is -0.334 e. The highest BCUT2D eigenvalue weighted by molar-refractivity contribution is 6.09. The fourth-order valence-electron chi connectivity index (χ4n) is 4.34. The zero-order valence-electron chi connectivity index (χ0n) is 18.5. The third-order valence-corrected chi connectivity index (χ3v) is 6.20. The van der Waals surface area contributed by atoms with Crippen LogP contribution in [0.3, 0.4) is 0 Å². The lowest BCUT2D eigenvalue weighted by molar-refractivity contribution is 0.0781. The van der Waals surface area contributed by atoms with Crippen molar-refractivity contribution in [3.05, 3.63) is 88.6 Å². The normalized spacial score (nSPS) is 14.2. The van der Waals surface area contributed by atoms with Crippen molar-refractivity contribution in [1.29, 1.82) is 0 Å². The van der Waals surface area contributed by atoms with Crippen LogP contribution in [0.4, 0.5) is 0 Å². The van der Waals surface area contributed by atoms with E-state index in [0.29, 0.717) is 6.54 Å². The van der Waals surface area contributed by atoms with Crippen LogP contribution >= 0.6 is 0 Å². The van der Waals surface area contributed by atoms with Crippen molar-refractivity contribution in [3.8, 4) is 0 Å². The number of rotatable bonds is 4. The Morgan fingerprint density at radius 2 is 1.81 bits per heavy atom. The first kappa shape index (κ1) is 20.1. The first-order valence-corrected chi connectivity index (χ1v) is 10.8. The molecule has 6 heteroatoms. The summed E-state index contributed by atoms with van der Waals surface area (Å²) >= 11 is 0. The molecule has 2 aromatic heterocycles. The molecule has 0 unspecified atom stereocenters. The fraction of sp³-hybridized carbons (Fsp3) is 0.231. The van der Waals surface area contributed by atoms with Crippen molar-refractivity contribution in [1.82, 2.24) is 24.6 Å². The molecule has 1 aliphatic rings. The molecule has 0 bridgehead atoms. The average Bonchev–Trinajstić information content (AvgIpc) is 3.35. The summed E-state index contributed by atoms with van der Waals surface area (Å²) in [6.45, 7) is 2.30. The maximum atomic E-state index is 13.7. The molecule has 1 aliphatic carbocycles. The summed E-state index contributed by atoms with van der Waals surface area (Å²) < 4.78 is 1.92. The van der Waals surface area contributed by atoms with E-state index in [4.69, 9.17) is 4.98 Å². The van der Waals surface area contributed by atoms with Gasteiger partial charge in [-0.3, -0.25) is 4.79 Å². The van der Waals surface area contributed by atoms with Gasteiger partial charge in [0.05, 0.1) is 23.3 Å². The standard InChI is InChI=1S/C26H25N5O/c1-17-28-29-23(31(17)3)16-30(2)26(32)24-20-11-7-8-12-22(20)27-25-19(13-14-21(24)25)15-18-9-5-4-6-10-18/h4-12,15H,13-14,16H2,1-3H3/b19-15-. The number of pyridine rings is 1. The number of para-hydroxylation sites is 1. The summed E-state index contributed by atoms with van der Waals surface area (Å²) in [4.78, 5) is 20.4. The summed E-state index contributed by atoms with van der Waals surface area (Å²) in [7, 11) is 3.74. The van der Waals surface area contributed by atoms with E-state index in [1.807, 2.05) is 68.1 Å². The molecule has 4 aromatic rings. The second-order valence-electron chi connectivity index (χ2n) is 8.30. The number of carbonyl (C=O) groups is 1. The van der Waals surface area contributed by atoms with Gasteiger partial charge in [0.1, 0.15) is 5.82 Å². The Bertz CT molecular complexity index is 1350. The Labute approximate surface area is 187 Å². The summed E-state index contributed by atoms with van der Waals surface area (Å²) in [6, 6.07) is 18.2. The van der Waals surface area contributed by atoms with Crippen LogP contribution in [-0.4, -0.2) is 37.6 Å². The molecule has 0 spiro atoms. The summed E-state index contributed by atoms with van der Waals surface area (Å²) in [5, 5.41) is 9.24. The topological polar surface area (TPSA) is 63.9 Å². The number of fused-ring (bicyclic) bond motifs is 2. The predicted octanol–water partition coefficient (Wildman–Crippen LogP) is 4.43. The number of hydrogen-bond acceptors (Lipinski definition) is 4. The van der Waals surface area contributed by atoms with E-state index in [-0.39, 0.29) is 5.91 Å². The molecule has 0 fully saturated rings. The molecule has 0 atom stereocenters. The van der Waals surface area contributed by atoms with Crippen LogP contribution in [-0.2, 0) is 20.0 Å². The summed E-state index contributed by atoms with van der Waals surface area (Å²) in [5.41, 5.74) is 5.91. The third kappa shape index (κ3) is 3.47. The zero-order chi connectivity index (χ0) is 22.2. The van der Waals surface area contributed by atoms with Crippen LogP contribution in [0.5, 0.6) is 0 Å². The van der Waals surface area contributed by atoms with Crippen molar-refractivity contribution in [3.63, 3.8) is 0 Å². The van der Waals surface area contributed by atoms with Crippen LogP contribution in [0, 0.1) is 6.92 Å². The largest absolute Gasteiger partial charge is 0.334 e. The molecule has 1 amide bonds. The molecule has 0 aliphatic heterocycles. The molecule has 160 valence electrons. The van der Waals surface area contributed by atoms with Gasteiger partial charge in [-0.25, -0.2) is 4.98 Å². The molecule has 0 saturated heterocycles. The number of nitrogens with zero attached hydrogens (tertiary/aromatic N) is 5. The average molecular weight is 424 g/mol. The molecule has 5 rings (SSSR count). The summed E-state index contributed by atoms with van der Waals surface area (Å²) in [6.07, 6.45) is 3.87. The molecule has 2 heterocycles. The second kappa shape index (κ2) is 8.04. The first-order chi connectivity index (χ1) is 15.5. The van der Waals surface area contributed by atoms with Crippen LogP contribution in [0.1, 0.15) is 45.2 Å². The van der Waals surface area contributed by atoms with Gasteiger partial charge in [-0.1, -0.05) is 48.5 Å². The Morgan fingerprint density at radius 3 is 2.56 bits per heavy atom. The molecule has 0 radical (unpaired) electrons. The minimum atomic E-state index is -0.0125. The number of aromatic nitrogens is 4. The van der Waals surface area contributed by atoms with E-state index in [1.54, 1.807) is 4.90 Å². The number of amides is 1. The van der Waals surface area contributed by atoms with Gasteiger partial charge in [0, 0.05) is 19.5 Å². The van der Waals surface area contributed by atoms with Gasteiger partial charge in [-0.15, -0.1) is 10.2 Å². The predicted molar refractivity (Wildman–Crippen MR) is 126 cm³/mol. The van der Waals surface area contributed by atoms with E-state index in [9.17, 15) is 4.79 Å². The lowest BCUT2D eigenvalue weighted by atomic mass is 9.99. The molecular formula is C26H25N5O. The Kier molecular flexibility index (Phi) is 5.05. The Balaban J connectivity index is 1.59. The fourth-order valence-corrected chi connectivity index (χ4v) is 4.34. The molecular weight excluding hydrogens is 398 g/mol. The van der Waals surface area contributed by atoms with Crippen molar-refractivity contribution >= 4 is 28.5 Å². The first-order valence-electron chi connectivity index (χ1n) is 10.8. The molecule has 32 heavy (non-hydrogen) atoms. The Morgan fingerprint density at radius 1 is 1.06 bits per heavy atom. The zero-order valence-corrected chi connectivity index (χ0v) is 18.5.